The van der Waals surface area contributed by atoms with Crippen molar-refractivity contribution in [3.63, 3.8) is 0 Å². The van der Waals surface area contributed by atoms with Crippen molar-refractivity contribution in [2.75, 3.05) is 10.6 Å². The Hall–Kier alpha value is -4.29. The van der Waals surface area contributed by atoms with Crippen molar-refractivity contribution in [1.29, 1.82) is 0 Å². The minimum atomic E-state index is 0.460. The molecule has 2 heterocycles. The molecule has 0 amide bonds. The average Bonchev–Trinajstić information content (AvgIpc) is 3.26. The van der Waals surface area contributed by atoms with Crippen LogP contribution in [0.5, 0.6) is 0 Å². The first-order chi connectivity index (χ1) is 16.3. The molecule has 5 nitrogen and oxygen atoms in total. The van der Waals surface area contributed by atoms with Crippen LogP contribution in [0.2, 0.25) is 0 Å². The summed E-state index contributed by atoms with van der Waals surface area (Å²) in [7, 11) is 0. The molecular formula is C27H21N5S. The number of rotatable bonds is 5. The molecule has 3 N–H and O–H groups in total. The van der Waals surface area contributed by atoms with Gasteiger partial charge in [0.25, 0.3) is 0 Å². The Labute approximate surface area is 197 Å². The molecule has 0 radical (unpaired) electrons. The Kier molecular flexibility index (Phi) is 5.91. The van der Waals surface area contributed by atoms with Crippen LogP contribution < -0.4 is 10.6 Å². The zero-order valence-electron chi connectivity index (χ0n) is 17.7. The molecular weight excluding hydrogens is 426 g/mol. The van der Waals surface area contributed by atoms with Crippen molar-refractivity contribution in [2.24, 2.45) is 0 Å². The Morgan fingerprint density at radius 1 is 0.788 bits per heavy atom. The summed E-state index contributed by atoms with van der Waals surface area (Å²) in [5.41, 5.74) is 5.65. The highest BCUT2D eigenvalue weighted by molar-refractivity contribution is 7.80. The summed E-state index contributed by atoms with van der Waals surface area (Å²) in [4.78, 5) is 4.78. The Bertz CT molecular complexity index is 1410. The lowest BCUT2D eigenvalue weighted by atomic mass is 10.0. The predicted molar refractivity (Wildman–Crippen MR) is 141 cm³/mol. The second kappa shape index (κ2) is 9.46. The van der Waals surface area contributed by atoms with Gasteiger partial charge >= 0.3 is 0 Å². The van der Waals surface area contributed by atoms with E-state index in [0.717, 1.165) is 33.5 Å². The Morgan fingerprint density at radius 2 is 1.45 bits per heavy atom. The van der Waals surface area contributed by atoms with Gasteiger partial charge in [-0.25, -0.2) is 4.98 Å². The number of fused-ring (bicyclic) bond motifs is 1. The third kappa shape index (κ3) is 4.81. The van der Waals surface area contributed by atoms with Crippen molar-refractivity contribution in [3.8, 4) is 11.1 Å². The second-order valence-corrected chi connectivity index (χ2v) is 7.85. The molecule has 0 aliphatic heterocycles. The average molecular weight is 448 g/mol. The summed E-state index contributed by atoms with van der Waals surface area (Å²) in [6.07, 6.45) is 4.06. The first-order valence-electron chi connectivity index (χ1n) is 10.6. The molecule has 0 aliphatic rings. The molecule has 0 saturated heterocycles. The maximum atomic E-state index is 5.52. The molecule has 0 saturated carbocycles. The van der Waals surface area contributed by atoms with Gasteiger partial charge in [-0.15, -0.1) is 0 Å². The van der Waals surface area contributed by atoms with Crippen LogP contribution in [0, 0.1) is 0 Å². The van der Waals surface area contributed by atoms with Gasteiger partial charge in [0.05, 0.1) is 11.1 Å². The smallest absolute Gasteiger partial charge is 0.176 e. The van der Waals surface area contributed by atoms with Crippen molar-refractivity contribution < 1.29 is 0 Å². The summed E-state index contributed by atoms with van der Waals surface area (Å²) in [5.74, 6) is 0.628. The zero-order valence-corrected chi connectivity index (χ0v) is 18.5. The second-order valence-electron chi connectivity index (χ2n) is 7.45. The summed E-state index contributed by atoms with van der Waals surface area (Å²) in [6, 6.07) is 32.2. The molecule has 3 aromatic carbocycles. The van der Waals surface area contributed by atoms with Gasteiger partial charge in [-0.1, -0.05) is 84.9 Å². The Morgan fingerprint density at radius 3 is 2.18 bits per heavy atom. The highest BCUT2D eigenvalue weighted by Crippen LogP contribution is 2.33. The predicted octanol–water partition coefficient (Wildman–Crippen LogP) is 6.60. The highest BCUT2D eigenvalue weighted by atomic mass is 32.1. The standard InChI is InChI=1S/C27H21N5S/c33-27(29-21-14-8-3-9-15-21)30-26-24-23(20-12-6-2-7-13-20)18-22(28-25(24)31-32-26)17-16-19-10-4-1-5-11-19/h1-18H,(H3,28,29,30,31,32,33)/b17-16+. The topological polar surface area (TPSA) is 65.6 Å². The number of anilines is 2. The lowest BCUT2D eigenvalue weighted by Gasteiger charge is -2.11. The number of pyridine rings is 1. The minimum absolute atomic E-state index is 0.460. The maximum Gasteiger partial charge on any atom is 0.176 e. The van der Waals surface area contributed by atoms with Gasteiger partial charge in [-0.3, -0.25) is 5.10 Å². The number of nitrogens with one attached hydrogen (secondary N) is 3. The van der Waals surface area contributed by atoms with Crippen LogP contribution >= 0.6 is 12.2 Å². The largest absolute Gasteiger partial charge is 0.332 e. The van der Waals surface area contributed by atoms with Gasteiger partial charge in [0.1, 0.15) is 0 Å². The minimum Gasteiger partial charge on any atom is -0.332 e. The normalized spacial score (nSPS) is 11.0. The lowest BCUT2D eigenvalue weighted by molar-refractivity contribution is 1.10. The first-order valence-corrected chi connectivity index (χ1v) is 11.0. The van der Waals surface area contributed by atoms with Crippen LogP contribution in [0.25, 0.3) is 34.3 Å². The third-order valence-electron chi connectivity index (χ3n) is 5.14. The number of hydrogen-bond acceptors (Lipinski definition) is 3. The number of aromatic amines is 1. The van der Waals surface area contributed by atoms with E-state index in [1.54, 1.807) is 0 Å². The number of thiocarbonyl (C=S) groups is 1. The van der Waals surface area contributed by atoms with E-state index >= 15 is 0 Å². The monoisotopic (exact) mass is 447 g/mol. The van der Waals surface area contributed by atoms with Gasteiger partial charge in [-0.05, 0) is 53.2 Å². The van der Waals surface area contributed by atoms with Crippen molar-refractivity contribution in [2.45, 2.75) is 0 Å². The summed E-state index contributed by atoms with van der Waals surface area (Å²) >= 11 is 5.52. The van der Waals surface area contributed by atoms with E-state index in [1.165, 1.54) is 0 Å². The number of aromatic nitrogens is 3. The lowest BCUT2D eigenvalue weighted by Crippen LogP contribution is -2.19. The van der Waals surface area contributed by atoms with E-state index in [4.69, 9.17) is 17.2 Å². The fourth-order valence-electron chi connectivity index (χ4n) is 3.61. The van der Waals surface area contributed by atoms with Gasteiger partial charge in [-0.2, -0.15) is 5.10 Å². The van der Waals surface area contributed by atoms with E-state index in [9.17, 15) is 0 Å². The quantitative estimate of drug-likeness (QED) is 0.265. The van der Waals surface area contributed by atoms with Crippen molar-refractivity contribution in [1.82, 2.24) is 15.2 Å². The van der Waals surface area contributed by atoms with E-state index in [1.807, 2.05) is 72.8 Å². The van der Waals surface area contributed by atoms with E-state index in [-0.39, 0.29) is 0 Å². The summed E-state index contributed by atoms with van der Waals surface area (Å²) in [6.45, 7) is 0. The van der Waals surface area contributed by atoms with Crippen LogP contribution in [0.4, 0.5) is 11.5 Å². The fraction of sp³-hybridized carbons (Fsp3) is 0. The van der Waals surface area contributed by atoms with Gasteiger partial charge in [0.2, 0.25) is 0 Å². The highest BCUT2D eigenvalue weighted by Gasteiger charge is 2.15. The SMILES string of the molecule is S=C(Nc1ccccc1)Nc1n[nH]c2nc(/C=C/c3ccccc3)cc(-c3ccccc3)c12. The molecule has 6 heteroatoms. The van der Waals surface area contributed by atoms with Crippen LogP contribution in [0.15, 0.2) is 97.1 Å². The summed E-state index contributed by atoms with van der Waals surface area (Å²) < 4.78 is 0. The number of nitrogens with zero attached hydrogens (tertiary/aromatic N) is 2. The van der Waals surface area contributed by atoms with Gasteiger partial charge < -0.3 is 10.6 Å². The van der Waals surface area contributed by atoms with Crippen molar-refractivity contribution >= 4 is 52.0 Å². The zero-order chi connectivity index (χ0) is 22.5. The van der Waals surface area contributed by atoms with E-state index < -0.39 is 0 Å². The molecule has 0 spiro atoms. The molecule has 0 atom stereocenters. The van der Waals surface area contributed by atoms with Gasteiger partial charge in [0, 0.05) is 5.69 Å². The van der Waals surface area contributed by atoms with E-state index in [2.05, 4.69) is 57.2 Å². The molecule has 0 fully saturated rings. The number of benzene rings is 3. The molecule has 0 aliphatic carbocycles. The number of para-hydroxylation sites is 1. The Balaban J connectivity index is 1.52. The van der Waals surface area contributed by atoms with Crippen LogP contribution in [-0.4, -0.2) is 20.3 Å². The van der Waals surface area contributed by atoms with Crippen LogP contribution in [-0.2, 0) is 0 Å². The summed E-state index contributed by atoms with van der Waals surface area (Å²) in [5, 5.41) is 15.3. The third-order valence-corrected chi connectivity index (χ3v) is 5.35. The molecule has 0 unspecified atom stereocenters. The molecule has 33 heavy (non-hydrogen) atoms. The molecule has 5 aromatic rings. The number of H-pyrrole nitrogens is 1. The van der Waals surface area contributed by atoms with E-state index in [0.29, 0.717) is 16.6 Å². The van der Waals surface area contributed by atoms with Crippen LogP contribution in [0.1, 0.15) is 11.3 Å². The maximum absolute atomic E-state index is 5.52. The number of hydrogen-bond donors (Lipinski definition) is 3. The molecule has 5 rings (SSSR count). The molecule has 2 aromatic heterocycles. The van der Waals surface area contributed by atoms with Crippen LogP contribution in [0.3, 0.4) is 0 Å². The fourth-order valence-corrected chi connectivity index (χ4v) is 3.82. The van der Waals surface area contributed by atoms with Gasteiger partial charge in [0.15, 0.2) is 16.6 Å². The van der Waals surface area contributed by atoms with Crippen molar-refractivity contribution in [3.05, 3.63) is 108 Å². The molecule has 0 bridgehead atoms. The molecule has 160 valence electrons. The first kappa shape index (κ1) is 20.6.